The van der Waals surface area contributed by atoms with Gasteiger partial charge in [-0.25, -0.2) is 4.39 Å². The molecule has 2 rings (SSSR count). The first-order chi connectivity index (χ1) is 12.0. The first kappa shape index (κ1) is 18.1. The molecular formula is C18H17FN2O4. The first-order valence-electron chi connectivity index (χ1n) is 7.55. The average molecular weight is 344 g/mol. The summed E-state index contributed by atoms with van der Waals surface area (Å²) in [6.07, 6.45) is -1.03. The van der Waals surface area contributed by atoms with E-state index in [0.717, 1.165) is 6.07 Å². The highest BCUT2D eigenvalue weighted by molar-refractivity contribution is 5.97. The highest BCUT2D eigenvalue weighted by Gasteiger charge is 2.18. The van der Waals surface area contributed by atoms with E-state index < -0.39 is 36.2 Å². The second-order valence-electron chi connectivity index (χ2n) is 5.18. The molecule has 6 nitrogen and oxygen atoms in total. The zero-order chi connectivity index (χ0) is 18.2. The van der Waals surface area contributed by atoms with Crippen molar-refractivity contribution in [1.82, 2.24) is 5.32 Å². The van der Waals surface area contributed by atoms with Crippen LogP contribution >= 0.6 is 0 Å². The number of para-hydroxylation sites is 1. The van der Waals surface area contributed by atoms with Gasteiger partial charge in [-0.3, -0.25) is 14.4 Å². The molecule has 0 spiro atoms. The van der Waals surface area contributed by atoms with E-state index in [4.69, 9.17) is 4.74 Å². The summed E-state index contributed by atoms with van der Waals surface area (Å²) in [5, 5.41) is 4.91. The number of anilines is 1. The van der Waals surface area contributed by atoms with E-state index in [1.807, 2.05) is 0 Å². The summed E-state index contributed by atoms with van der Waals surface area (Å²) < 4.78 is 18.0. The largest absolute Gasteiger partial charge is 0.451 e. The van der Waals surface area contributed by atoms with Crippen molar-refractivity contribution in [1.29, 1.82) is 0 Å². The Balaban J connectivity index is 1.79. The zero-order valence-corrected chi connectivity index (χ0v) is 13.5. The van der Waals surface area contributed by atoms with Crippen LogP contribution in [0.1, 0.15) is 17.3 Å². The molecule has 2 amide bonds. The SMILES string of the molecule is C[C@@H](OC(=O)CNC(=O)c1cccc(F)c1)C(=O)Nc1ccccc1. The van der Waals surface area contributed by atoms with Gasteiger partial charge in [0.25, 0.3) is 11.8 Å². The van der Waals surface area contributed by atoms with Crippen LogP contribution in [0, 0.1) is 5.82 Å². The molecule has 0 saturated carbocycles. The van der Waals surface area contributed by atoms with Crippen molar-refractivity contribution in [2.24, 2.45) is 0 Å². The number of halogens is 1. The molecule has 0 heterocycles. The van der Waals surface area contributed by atoms with Crippen LogP contribution in [0.3, 0.4) is 0 Å². The van der Waals surface area contributed by atoms with Gasteiger partial charge in [0, 0.05) is 11.3 Å². The van der Waals surface area contributed by atoms with Crippen LogP contribution < -0.4 is 10.6 Å². The van der Waals surface area contributed by atoms with Gasteiger partial charge >= 0.3 is 5.97 Å². The van der Waals surface area contributed by atoms with Crippen molar-refractivity contribution in [2.45, 2.75) is 13.0 Å². The quantitative estimate of drug-likeness (QED) is 0.786. The molecule has 0 bridgehead atoms. The predicted octanol–water partition coefficient (Wildman–Crippen LogP) is 2.13. The minimum Gasteiger partial charge on any atom is -0.451 e. The maximum atomic E-state index is 13.1. The Labute approximate surface area is 144 Å². The van der Waals surface area contributed by atoms with E-state index in [1.165, 1.54) is 25.1 Å². The Bertz CT molecular complexity index is 765. The lowest BCUT2D eigenvalue weighted by Crippen LogP contribution is -2.35. The Morgan fingerprint density at radius 2 is 1.80 bits per heavy atom. The molecule has 2 aromatic carbocycles. The van der Waals surface area contributed by atoms with Crippen molar-refractivity contribution < 1.29 is 23.5 Å². The maximum Gasteiger partial charge on any atom is 0.326 e. The molecule has 0 saturated heterocycles. The lowest BCUT2D eigenvalue weighted by molar-refractivity contribution is -0.152. The minimum absolute atomic E-state index is 0.0858. The number of nitrogens with one attached hydrogen (secondary N) is 2. The molecule has 0 unspecified atom stereocenters. The standard InChI is InChI=1S/C18H17FN2O4/c1-12(17(23)21-15-8-3-2-4-9-15)25-16(22)11-20-18(24)13-6-5-7-14(19)10-13/h2-10,12H,11H2,1H3,(H,20,24)(H,21,23)/t12-/m1/s1. The number of hydrogen-bond donors (Lipinski definition) is 2. The van der Waals surface area contributed by atoms with E-state index in [-0.39, 0.29) is 5.56 Å². The second-order valence-corrected chi connectivity index (χ2v) is 5.18. The summed E-state index contributed by atoms with van der Waals surface area (Å²) in [7, 11) is 0. The third-order valence-corrected chi connectivity index (χ3v) is 3.20. The van der Waals surface area contributed by atoms with Crippen LogP contribution in [0.2, 0.25) is 0 Å². The molecule has 25 heavy (non-hydrogen) atoms. The zero-order valence-electron chi connectivity index (χ0n) is 13.5. The van der Waals surface area contributed by atoms with Crippen molar-refractivity contribution in [3.63, 3.8) is 0 Å². The highest BCUT2D eigenvalue weighted by atomic mass is 19.1. The van der Waals surface area contributed by atoms with Crippen LogP contribution in [0.5, 0.6) is 0 Å². The number of benzene rings is 2. The van der Waals surface area contributed by atoms with Crippen molar-refractivity contribution in [3.05, 3.63) is 66.0 Å². The molecular weight excluding hydrogens is 327 g/mol. The van der Waals surface area contributed by atoms with E-state index in [1.54, 1.807) is 30.3 Å². The number of rotatable bonds is 6. The fraction of sp³-hybridized carbons (Fsp3) is 0.167. The van der Waals surface area contributed by atoms with Crippen LogP contribution in [-0.2, 0) is 14.3 Å². The Morgan fingerprint density at radius 1 is 1.08 bits per heavy atom. The lowest BCUT2D eigenvalue weighted by atomic mass is 10.2. The summed E-state index contributed by atoms with van der Waals surface area (Å²) >= 11 is 0. The normalized spacial score (nSPS) is 11.3. The van der Waals surface area contributed by atoms with Gasteiger partial charge < -0.3 is 15.4 Å². The van der Waals surface area contributed by atoms with E-state index in [2.05, 4.69) is 10.6 Å². The van der Waals surface area contributed by atoms with E-state index >= 15 is 0 Å². The van der Waals surface area contributed by atoms with E-state index in [9.17, 15) is 18.8 Å². The molecule has 1 atom stereocenters. The number of amides is 2. The Hall–Kier alpha value is -3.22. The summed E-state index contributed by atoms with van der Waals surface area (Å²) in [6, 6.07) is 13.8. The molecule has 0 radical (unpaired) electrons. The van der Waals surface area contributed by atoms with Crippen molar-refractivity contribution >= 4 is 23.5 Å². The van der Waals surface area contributed by atoms with Gasteiger partial charge in [0.1, 0.15) is 12.4 Å². The van der Waals surface area contributed by atoms with Gasteiger partial charge in [-0.05, 0) is 37.3 Å². The number of carbonyl (C=O) groups excluding carboxylic acids is 3. The summed E-state index contributed by atoms with van der Waals surface area (Å²) in [5.74, 6) is -2.43. The molecule has 7 heteroatoms. The topological polar surface area (TPSA) is 84.5 Å². The van der Waals surface area contributed by atoms with Crippen LogP contribution in [0.25, 0.3) is 0 Å². The van der Waals surface area contributed by atoms with Crippen LogP contribution in [0.15, 0.2) is 54.6 Å². The molecule has 2 aromatic rings. The van der Waals surface area contributed by atoms with Crippen LogP contribution in [0.4, 0.5) is 10.1 Å². The third kappa shape index (κ3) is 5.72. The molecule has 0 aromatic heterocycles. The average Bonchev–Trinajstić information content (AvgIpc) is 2.60. The van der Waals surface area contributed by atoms with Crippen molar-refractivity contribution in [2.75, 3.05) is 11.9 Å². The third-order valence-electron chi connectivity index (χ3n) is 3.20. The molecule has 130 valence electrons. The Morgan fingerprint density at radius 3 is 2.48 bits per heavy atom. The van der Waals surface area contributed by atoms with Gasteiger partial charge in [0.15, 0.2) is 6.10 Å². The fourth-order valence-corrected chi connectivity index (χ4v) is 1.94. The predicted molar refractivity (Wildman–Crippen MR) is 89.4 cm³/mol. The van der Waals surface area contributed by atoms with Gasteiger partial charge in [0.2, 0.25) is 0 Å². The molecule has 0 fully saturated rings. The van der Waals surface area contributed by atoms with Gasteiger partial charge in [-0.1, -0.05) is 24.3 Å². The smallest absolute Gasteiger partial charge is 0.326 e. The number of esters is 1. The Kier molecular flexibility index (Phi) is 6.22. The second kappa shape index (κ2) is 8.58. The highest BCUT2D eigenvalue weighted by Crippen LogP contribution is 2.07. The van der Waals surface area contributed by atoms with Crippen molar-refractivity contribution in [3.8, 4) is 0 Å². The summed E-state index contributed by atoms with van der Waals surface area (Å²) in [4.78, 5) is 35.4. The monoisotopic (exact) mass is 344 g/mol. The number of ether oxygens (including phenoxy) is 1. The van der Waals surface area contributed by atoms with Crippen LogP contribution in [-0.4, -0.2) is 30.4 Å². The van der Waals surface area contributed by atoms with Gasteiger partial charge in [-0.15, -0.1) is 0 Å². The maximum absolute atomic E-state index is 13.1. The molecule has 0 aliphatic rings. The van der Waals surface area contributed by atoms with Gasteiger partial charge in [0.05, 0.1) is 0 Å². The first-order valence-corrected chi connectivity index (χ1v) is 7.55. The lowest BCUT2D eigenvalue weighted by Gasteiger charge is -2.14. The van der Waals surface area contributed by atoms with E-state index in [0.29, 0.717) is 5.69 Å². The summed E-state index contributed by atoms with van der Waals surface area (Å²) in [5.41, 5.74) is 0.664. The molecule has 0 aliphatic heterocycles. The number of carbonyl (C=O) groups is 3. The minimum atomic E-state index is -1.03. The fourth-order valence-electron chi connectivity index (χ4n) is 1.94. The molecule has 0 aliphatic carbocycles. The molecule has 2 N–H and O–H groups in total. The summed E-state index contributed by atoms with van der Waals surface area (Å²) in [6.45, 7) is 0.989. The van der Waals surface area contributed by atoms with Gasteiger partial charge in [-0.2, -0.15) is 0 Å². The number of hydrogen-bond acceptors (Lipinski definition) is 4.